The molecule has 1 aromatic carbocycles. The van der Waals surface area contributed by atoms with E-state index in [4.69, 9.17) is 5.73 Å². The maximum atomic E-state index is 13.8. The fourth-order valence-electron chi connectivity index (χ4n) is 1.55. The van der Waals surface area contributed by atoms with Crippen LogP contribution in [0.3, 0.4) is 0 Å². The van der Waals surface area contributed by atoms with E-state index in [1.54, 1.807) is 18.5 Å². The van der Waals surface area contributed by atoms with Crippen molar-refractivity contribution in [2.45, 2.75) is 28.6 Å². The second-order valence-electron chi connectivity index (χ2n) is 3.97. The summed E-state index contributed by atoms with van der Waals surface area (Å²) in [6.07, 6.45) is 2.06. The summed E-state index contributed by atoms with van der Waals surface area (Å²) in [7, 11) is 0. The number of thiazole rings is 1. The predicted molar refractivity (Wildman–Crippen MR) is 69.9 cm³/mol. The minimum absolute atomic E-state index is 0.0154. The molecule has 2 rings (SSSR count). The average Bonchev–Trinajstić information content (AvgIpc) is 2.75. The fourth-order valence-corrected chi connectivity index (χ4v) is 3.12. The molecule has 0 aliphatic heterocycles. The third-order valence-corrected chi connectivity index (χ3v) is 4.19. The van der Waals surface area contributed by atoms with E-state index in [9.17, 15) is 8.78 Å². The summed E-state index contributed by atoms with van der Waals surface area (Å²) >= 11 is 2.35. The number of halogens is 2. The molecule has 2 N–H and O–H groups in total. The third kappa shape index (κ3) is 3.28. The molecule has 1 aromatic heterocycles. The van der Waals surface area contributed by atoms with Gasteiger partial charge in [-0.2, -0.15) is 0 Å². The topological polar surface area (TPSA) is 38.9 Å². The molecule has 0 aliphatic carbocycles. The number of aromatic nitrogens is 1. The highest BCUT2D eigenvalue weighted by Gasteiger charge is 2.14. The standard InChI is InChI=1S/C12H12F2N2S2/c1-7(15)4-8-5-9(13)11(10(14)6-8)18-12-16-2-3-17-12/h2-3,5-7H,4,15H2,1H3. The van der Waals surface area contributed by atoms with Crippen LogP contribution in [0.2, 0.25) is 0 Å². The first-order chi connectivity index (χ1) is 8.56. The maximum Gasteiger partial charge on any atom is 0.154 e. The van der Waals surface area contributed by atoms with Crippen LogP contribution in [-0.2, 0) is 6.42 Å². The van der Waals surface area contributed by atoms with Gasteiger partial charge in [-0.25, -0.2) is 13.8 Å². The summed E-state index contributed by atoms with van der Waals surface area (Å²) in [6.45, 7) is 1.80. The van der Waals surface area contributed by atoms with Crippen molar-refractivity contribution in [2.24, 2.45) is 5.73 Å². The molecule has 0 amide bonds. The first-order valence-corrected chi connectivity index (χ1v) is 7.06. The minimum Gasteiger partial charge on any atom is -0.328 e. The highest BCUT2D eigenvalue weighted by molar-refractivity contribution is 8.01. The van der Waals surface area contributed by atoms with E-state index >= 15 is 0 Å². The minimum atomic E-state index is -0.564. The Balaban J connectivity index is 2.26. The van der Waals surface area contributed by atoms with Crippen LogP contribution in [0, 0.1) is 11.6 Å². The summed E-state index contributed by atoms with van der Waals surface area (Å²) in [6, 6.07) is 2.55. The van der Waals surface area contributed by atoms with Crippen molar-refractivity contribution < 1.29 is 8.78 Å². The zero-order valence-electron chi connectivity index (χ0n) is 9.69. The lowest BCUT2D eigenvalue weighted by molar-refractivity contribution is 0.535. The van der Waals surface area contributed by atoms with E-state index in [2.05, 4.69) is 4.98 Å². The third-order valence-electron chi connectivity index (χ3n) is 2.21. The molecule has 1 atom stereocenters. The van der Waals surface area contributed by atoms with Gasteiger partial charge in [0, 0.05) is 17.6 Å². The van der Waals surface area contributed by atoms with Gasteiger partial charge in [0.2, 0.25) is 0 Å². The Kier molecular flexibility index (Phi) is 4.31. The molecule has 1 heterocycles. The molecule has 2 aromatic rings. The summed E-state index contributed by atoms with van der Waals surface area (Å²) in [5, 5.41) is 1.77. The van der Waals surface area contributed by atoms with E-state index < -0.39 is 11.6 Å². The van der Waals surface area contributed by atoms with Crippen molar-refractivity contribution in [3.05, 3.63) is 40.9 Å². The van der Waals surface area contributed by atoms with Gasteiger partial charge in [0.15, 0.2) is 4.34 Å². The number of nitrogens with two attached hydrogens (primary N) is 1. The Bertz CT molecular complexity index is 504. The monoisotopic (exact) mass is 286 g/mol. The second-order valence-corrected chi connectivity index (χ2v) is 6.12. The Morgan fingerprint density at radius 1 is 1.39 bits per heavy atom. The van der Waals surface area contributed by atoms with Crippen LogP contribution < -0.4 is 5.73 Å². The molecule has 0 aliphatic rings. The van der Waals surface area contributed by atoms with Crippen molar-refractivity contribution in [3.8, 4) is 0 Å². The first-order valence-electron chi connectivity index (χ1n) is 5.37. The normalized spacial score (nSPS) is 12.7. The van der Waals surface area contributed by atoms with Gasteiger partial charge in [-0.15, -0.1) is 11.3 Å². The van der Waals surface area contributed by atoms with Gasteiger partial charge >= 0.3 is 0 Å². The van der Waals surface area contributed by atoms with Crippen LogP contribution in [-0.4, -0.2) is 11.0 Å². The molecule has 96 valence electrons. The maximum absolute atomic E-state index is 13.8. The van der Waals surface area contributed by atoms with Gasteiger partial charge in [-0.1, -0.05) is 11.8 Å². The summed E-state index contributed by atoms with van der Waals surface area (Å²) in [5.74, 6) is -1.13. The van der Waals surface area contributed by atoms with Gasteiger partial charge in [-0.3, -0.25) is 0 Å². The van der Waals surface area contributed by atoms with Crippen LogP contribution in [0.1, 0.15) is 12.5 Å². The lowest BCUT2D eigenvalue weighted by Gasteiger charge is -2.08. The van der Waals surface area contributed by atoms with Crippen molar-refractivity contribution >= 4 is 23.1 Å². The van der Waals surface area contributed by atoms with Crippen molar-refractivity contribution in [1.82, 2.24) is 4.98 Å². The molecule has 0 saturated carbocycles. The number of benzene rings is 1. The van der Waals surface area contributed by atoms with E-state index in [1.165, 1.54) is 23.5 Å². The van der Waals surface area contributed by atoms with Gasteiger partial charge in [-0.05, 0) is 31.0 Å². The van der Waals surface area contributed by atoms with Crippen molar-refractivity contribution in [2.75, 3.05) is 0 Å². The van der Waals surface area contributed by atoms with E-state index in [-0.39, 0.29) is 10.9 Å². The average molecular weight is 286 g/mol. The zero-order chi connectivity index (χ0) is 13.1. The van der Waals surface area contributed by atoms with Crippen LogP contribution >= 0.6 is 23.1 Å². The fraction of sp³-hybridized carbons (Fsp3) is 0.250. The van der Waals surface area contributed by atoms with E-state index in [0.29, 0.717) is 16.3 Å². The van der Waals surface area contributed by atoms with Crippen LogP contribution in [0.25, 0.3) is 0 Å². The Morgan fingerprint density at radius 3 is 2.56 bits per heavy atom. The number of hydrogen-bond acceptors (Lipinski definition) is 4. The molecule has 0 radical (unpaired) electrons. The zero-order valence-corrected chi connectivity index (χ0v) is 11.3. The number of nitrogens with zero attached hydrogens (tertiary/aromatic N) is 1. The number of rotatable bonds is 4. The first kappa shape index (κ1) is 13.5. The molecule has 0 saturated heterocycles. The summed E-state index contributed by atoms with van der Waals surface area (Å²) < 4.78 is 28.3. The Hall–Kier alpha value is -0.980. The lowest BCUT2D eigenvalue weighted by atomic mass is 10.1. The molecular weight excluding hydrogens is 274 g/mol. The quantitative estimate of drug-likeness (QED) is 0.935. The van der Waals surface area contributed by atoms with E-state index in [1.807, 2.05) is 0 Å². The highest BCUT2D eigenvalue weighted by atomic mass is 32.2. The molecular formula is C12H12F2N2S2. The molecule has 0 fully saturated rings. The molecule has 18 heavy (non-hydrogen) atoms. The SMILES string of the molecule is CC(N)Cc1cc(F)c(Sc2nccs2)c(F)c1. The molecule has 2 nitrogen and oxygen atoms in total. The smallest absolute Gasteiger partial charge is 0.154 e. The van der Waals surface area contributed by atoms with Crippen molar-refractivity contribution in [1.29, 1.82) is 0 Å². The van der Waals surface area contributed by atoms with Crippen LogP contribution in [0.4, 0.5) is 8.78 Å². The van der Waals surface area contributed by atoms with Crippen LogP contribution in [0.5, 0.6) is 0 Å². The highest BCUT2D eigenvalue weighted by Crippen LogP contribution is 2.33. The van der Waals surface area contributed by atoms with Crippen LogP contribution in [0.15, 0.2) is 32.9 Å². The molecule has 0 spiro atoms. The van der Waals surface area contributed by atoms with Gasteiger partial charge in [0.05, 0.1) is 4.90 Å². The second kappa shape index (κ2) is 5.77. The van der Waals surface area contributed by atoms with Gasteiger partial charge < -0.3 is 5.73 Å². The van der Waals surface area contributed by atoms with Gasteiger partial charge in [0.25, 0.3) is 0 Å². The summed E-state index contributed by atoms with van der Waals surface area (Å²) in [5.41, 5.74) is 6.19. The molecule has 6 heteroatoms. The predicted octanol–water partition coefficient (Wildman–Crippen LogP) is 3.46. The molecule has 1 unspecified atom stereocenters. The summed E-state index contributed by atoms with van der Waals surface area (Å²) in [4.78, 5) is 3.98. The van der Waals surface area contributed by atoms with Gasteiger partial charge in [0.1, 0.15) is 11.6 Å². The number of hydrogen-bond donors (Lipinski definition) is 1. The van der Waals surface area contributed by atoms with E-state index in [0.717, 1.165) is 11.8 Å². The Morgan fingerprint density at radius 2 is 2.06 bits per heavy atom. The van der Waals surface area contributed by atoms with Crippen molar-refractivity contribution in [3.63, 3.8) is 0 Å². The Labute approximate surface area is 112 Å². The molecule has 0 bridgehead atoms. The largest absolute Gasteiger partial charge is 0.328 e. The lowest BCUT2D eigenvalue weighted by Crippen LogP contribution is -2.18.